The number of nitro groups is 1. The first-order valence-corrected chi connectivity index (χ1v) is 11.3. The molecule has 2 heterocycles. The highest BCUT2D eigenvalue weighted by atomic mass is 127. The Morgan fingerprint density at radius 1 is 1.39 bits per heavy atom. The number of aliphatic hydroxyl groups is 2. The molecular weight excluding hydrogens is 549 g/mol. The lowest BCUT2D eigenvalue weighted by Gasteiger charge is -2.31. The van der Waals surface area contributed by atoms with Crippen molar-refractivity contribution in [1.82, 2.24) is 9.55 Å². The van der Waals surface area contributed by atoms with Crippen LogP contribution in [0.15, 0.2) is 34.0 Å². The Hall–Kier alpha value is -2.13. The van der Waals surface area contributed by atoms with Crippen LogP contribution in [-0.4, -0.2) is 43.5 Å². The second kappa shape index (κ2) is 10.0. The van der Waals surface area contributed by atoms with Gasteiger partial charge in [-0.3, -0.25) is 24.5 Å². The number of ether oxygens (including phenoxy) is 2. The van der Waals surface area contributed by atoms with E-state index in [1.807, 2.05) is 43.4 Å². The molecule has 0 aliphatic carbocycles. The number of benzene rings is 1. The lowest BCUT2D eigenvalue weighted by Crippen LogP contribution is -2.35. The zero-order valence-electron chi connectivity index (χ0n) is 18.4. The van der Waals surface area contributed by atoms with E-state index in [0.29, 0.717) is 9.13 Å². The summed E-state index contributed by atoms with van der Waals surface area (Å²) in [6, 6.07) is 4.85. The van der Waals surface area contributed by atoms with Gasteiger partial charge in [-0.25, -0.2) is 4.79 Å². The van der Waals surface area contributed by atoms with Gasteiger partial charge in [-0.1, -0.05) is 20.8 Å². The highest BCUT2D eigenvalue weighted by Gasteiger charge is 2.36. The monoisotopic (exact) mass is 575 g/mol. The number of aromatic amines is 1. The summed E-state index contributed by atoms with van der Waals surface area (Å²) in [7, 11) is 0. The molecule has 11 nitrogen and oxygen atoms in total. The summed E-state index contributed by atoms with van der Waals surface area (Å²) in [5, 5.41) is 30.9. The van der Waals surface area contributed by atoms with Crippen LogP contribution in [0.5, 0.6) is 0 Å². The lowest BCUT2D eigenvalue weighted by atomic mass is 9.84. The maximum atomic E-state index is 12.4. The molecule has 1 fully saturated rings. The molecule has 3 rings (SSSR count). The first kappa shape index (κ1) is 25.5. The molecule has 180 valence electrons. The molecule has 0 saturated carbocycles. The van der Waals surface area contributed by atoms with E-state index in [9.17, 15) is 29.9 Å². The van der Waals surface area contributed by atoms with E-state index in [-0.39, 0.29) is 24.3 Å². The highest BCUT2D eigenvalue weighted by molar-refractivity contribution is 14.1. The normalized spacial score (nSPS) is 21.8. The molecule has 4 atom stereocenters. The van der Waals surface area contributed by atoms with E-state index in [0.717, 1.165) is 4.57 Å². The molecule has 1 aromatic carbocycles. The first-order valence-electron chi connectivity index (χ1n) is 10.3. The number of aliphatic hydroxyl groups excluding tert-OH is 2. The van der Waals surface area contributed by atoms with Gasteiger partial charge >= 0.3 is 5.69 Å². The largest absolute Gasteiger partial charge is 0.394 e. The number of halogens is 1. The van der Waals surface area contributed by atoms with Gasteiger partial charge in [-0.15, -0.1) is 0 Å². The van der Waals surface area contributed by atoms with Gasteiger partial charge in [0.25, 0.3) is 11.2 Å². The Balaban J connectivity index is 1.92. The molecule has 1 aliphatic heterocycles. The van der Waals surface area contributed by atoms with Crippen molar-refractivity contribution in [3.05, 3.63) is 70.0 Å². The fraction of sp³-hybridized carbons (Fsp3) is 0.524. The third-order valence-corrected chi connectivity index (χ3v) is 6.07. The smallest absolute Gasteiger partial charge is 0.330 e. The molecule has 0 radical (unpaired) electrons. The molecule has 0 spiro atoms. The van der Waals surface area contributed by atoms with Crippen LogP contribution in [0.25, 0.3) is 0 Å². The topological polar surface area (TPSA) is 157 Å². The summed E-state index contributed by atoms with van der Waals surface area (Å²) < 4.78 is 13.4. The molecule has 2 aromatic rings. The van der Waals surface area contributed by atoms with Crippen molar-refractivity contribution in [2.75, 3.05) is 6.61 Å². The number of rotatable bonds is 7. The van der Waals surface area contributed by atoms with Crippen LogP contribution < -0.4 is 11.2 Å². The van der Waals surface area contributed by atoms with Crippen molar-refractivity contribution in [2.45, 2.75) is 58.3 Å². The van der Waals surface area contributed by atoms with Crippen LogP contribution in [-0.2, 0) is 16.1 Å². The minimum Gasteiger partial charge on any atom is -0.394 e. The van der Waals surface area contributed by atoms with Crippen LogP contribution in [0.3, 0.4) is 0 Å². The maximum Gasteiger partial charge on any atom is 0.330 e. The minimum absolute atomic E-state index is 0.0664. The summed E-state index contributed by atoms with van der Waals surface area (Å²) in [6.07, 6.45) is -2.02. The second-order valence-electron chi connectivity index (χ2n) is 8.95. The summed E-state index contributed by atoms with van der Waals surface area (Å²) in [5.74, 6) is 0. The number of H-pyrrole nitrogens is 1. The number of nitrogens with zero attached hydrogens (tertiary/aromatic N) is 2. The molecule has 1 saturated heterocycles. The molecule has 1 aliphatic rings. The Bertz CT molecular complexity index is 1140. The van der Waals surface area contributed by atoms with Crippen LogP contribution in [0.2, 0.25) is 0 Å². The zero-order valence-corrected chi connectivity index (χ0v) is 20.5. The summed E-state index contributed by atoms with van der Waals surface area (Å²) >= 11 is 2.00. The molecular formula is C21H26IN3O8. The van der Waals surface area contributed by atoms with Crippen LogP contribution in [0, 0.1) is 19.1 Å². The van der Waals surface area contributed by atoms with Gasteiger partial charge < -0.3 is 19.7 Å². The molecule has 12 heteroatoms. The van der Waals surface area contributed by atoms with Gasteiger partial charge in [0, 0.05) is 22.3 Å². The third-order valence-electron chi connectivity index (χ3n) is 5.40. The second-order valence-corrected chi connectivity index (χ2v) is 10.2. The predicted molar refractivity (Wildman–Crippen MR) is 126 cm³/mol. The number of aromatic nitrogens is 2. The van der Waals surface area contributed by atoms with Gasteiger partial charge in [-0.05, 0) is 40.1 Å². The number of hydrogen-bond acceptors (Lipinski definition) is 8. The van der Waals surface area contributed by atoms with E-state index < -0.39 is 52.7 Å². The van der Waals surface area contributed by atoms with E-state index in [1.54, 1.807) is 12.1 Å². The average molecular weight is 575 g/mol. The van der Waals surface area contributed by atoms with Crippen molar-refractivity contribution < 1.29 is 24.6 Å². The van der Waals surface area contributed by atoms with Crippen molar-refractivity contribution in [2.24, 2.45) is 5.41 Å². The third kappa shape index (κ3) is 5.69. The van der Waals surface area contributed by atoms with Gasteiger partial charge in [0.1, 0.15) is 12.3 Å². The first-order chi connectivity index (χ1) is 15.4. The van der Waals surface area contributed by atoms with Crippen LogP contribution >= 0.6 is 22.6 Å². The fourth-order valence-corrected chi connectivity index (χ4v) is 4.24. The van der Waals surface area contributed by atoms with Crippen molar-refractivity contribution in [3.63, 3.8) is 0 Å². The standard InChI is InChI=1S/C21H26IN3O8/c1-21(2,3)18(13-5-4-12(22)6-14(13)25(30)31)32-10-11-8-24(20(29)23-19(11)28)17-7-15(27)16(9-26)33-17/h4-6,8,15-18,26-27H,7,9-10H2,1-3H3,(H,23,28,29)/t15-,16+,17+,18-/m0/s1. The van der Waals surface area contributed by atoms with Gasteiger partial charge in [0.05, 0.1) is 41.5 Å². The Morgan fingerprint density at radius 2 is 2.09 bits per heavy atom. The Labute approximate surface area is 202 Å². The number of hydrogen-bond donors (Lipinski definition) is 3. The van der Waals surface area contributed by atoms with Crippen molar-refractivity contribution >= 4 is 28.3 Å². The zero-order chi connectivity index (χ0) is 24.5. The average Bonchev–Trinajstić information content (AvgIpc) is 3.09. The van der Waals surface area contributed by atoms with Gasteiger partial charge in [0.2, 0.25) is 0 Å². The molecule has 1 aromatic heterocycles. The number of nitrogens with one attached hydrogen (secondary N) is 1. The molecule has 33 heavy (non-hydrogen) atoms. The van der Waals surface area contributed by atoms with Gasteiger partial charge in [0.15, 0.2) is 0 Å². The van der Waals surface area contributed by atoms with E-state index >= 15 is 0 Å². The summed E-state index contributed by atoms with van der Waals surface area (Å²) in [5.41, 5.74) is -1.51. The Kier molecular flexibility index (Phi) is 7.73. The van der Waals surface area contributed by atoms with E-state index in [4.69, 9.17) is 9.47 Å². The highest BCUT2D eigenvalue weighted by Crippen LogP contribution is 2.41. The molecule has 0 unspecified atom stereocenters. The van der Waals surface area contributed by atoms with Crippen molar-refractivity contribution in [3.8, 4) is 0 Å². The maximum absolute atomic E-state index is 12.4. The van der Waals surface area contributed by atoms with E-state index in [2.05, 4.69) is 4.98 Å². The summed E-state index contributed by atoms with van der Waals surface area (Å²) in [6.45, 7) is 4.97. The minimum atomic E-state index is -0.953. The molecule has 0 bridgehead atoms. The van der Waals surface area contributed by atoms with Gasteiger partial charge in [-0.2, -0.15) is 0 Å². The SMILES string of the molecule is CC(C)(C)[C@@H](OCc1cn([C@H]2C[C@H](O)[C@@H](CO)O2)c(=O)[nH]c1=O)c1ccc(I)cc1[N+](=O)[O-]. The Morgan fingerprint density at radius 3 is 2.67 bits per heavy atom. The van der Waals surface area contributed by atoms with Crippen LogP contribution in [0.4, 0.5) is 5.69 Å². The number of nitro benzene ring substituents is 1. The van der Waals surface area contributed by atoms with Crippen LogP contribution in [0.1, 0.15) is 50.7 Å². The fourth-order valence-electron chi connectivity index (χ4n) is 3.77. The predicted octanol–water partition coefficient (Wildman–Crippen LogP) is 1.99. The lowest BCUT2D eigenvalue weighted by molar-refractivity contribution is -0.386. The molecule has 0 amide bonds. The van der Waals surface area contributed by atoms with E-state index in [1.165, 1.54) is 12.3 Å². The summed E-state index contributed by atoms with van der Waals surface area (Å²) in [4.78, 5) is 38.1. The quantitative estimate of drug-likeness (QED) is 0.257. The van der Waals surface area contributed by atoms with Crippen molar-refractivity contribution in [1.29, 1.82) is 0 Å². The molecule has 3 N–H and O–H groups in total.